The maximum Gasteiger partial charge on any atom is 0.416 e. The molecule has 0 aliphatic rings. The predicted molar refractivity (Wildman–Crippen MR) is 94.8 cm³/mol. The van der Waals surface area contributed by atoms with Crippen LogP contribution in [0.5, 0.6) is 0 Å². The molecule has 0 bridgehead atoms. The van der Waals surface area contributed by atoms with Crippen molar-refractivity contribution in [2.75, 3.05) is 13.6 Å². The van der Waals surface area contributed by atoms with E-state index < -0.39 is 17.6 Å². The number of halogens is 4. The van der Waals surface area contributed by atoms with Gasteiger partial charge in [-0.25, -0.2) is 9.37 Å². The zero-order valence-corrected chi connectivity index (χ0v) is 15.3. The molecule has 0 unspecified atom stereocenters. The molecule has 0 atom stereocenters. The molecule has 1 aromatic heterocycles. The van der Waals surface area contributed by atoms with Crippen LogP contribution in [0.3, 0.4) is 0 Å². The Balaban J connectivity index is 1.85. The third-order valence-corrected chi connectivity index (χ3v) is 4.60. The van der Waals surface area contributed by atoms with Crippen molar-refractivity contribution in [3.8, 4) is 0 Å². The first-order valence-corrected chi connectivity index (χ1v) is 8.88. The van der Waals surface area contributed by atoms with Gasteiger partial charge in [-0.05, 0) is 31.0 Å². The number of aliphatic imine (C=N–C) groups is 1. The van der Waals surface area contributed by atoms with Crippen molar-refractivity contribution < 1.29 is 17.6 Å². The molecule has 142 valence electrons. The minimum atomic E-state index is -4.61. The minimum absolute atomic E-state index is 0.0416. The predicted octanol–water partition coefficient (Wildman–Crippen LogP) is 3.91. The lowest BCUT2D eigenvalue weighted by atomic mass is 10.1. The van der Waals surface area contributed by atoms with Gasteiger partial charge in [0, 0.05) is 37.6 Å². The lowest BCUT2D eigenvalue weighted by Crippen LogP contribution is -2.37. The molecule has 0 amide bonds. The molecule has 0 saturated heterocycles. The average Bonchev–Trinajstić information content (AvgIpc) is 2.99. The molecule has 2 N–H and O–H groups in total. The van der Waals surface area contributed by atoms with Gasteiger partial charge in [-0.15, -0.1) is 11.3 Å². The highest BCUT2D eigenvalue weighted by Gasteiger charge is 2.33. The van der Waals surface area contributed by atoms with Crippen molar-refractivity contribution in [2.45, 2.75) is 32.5 Å². The van der Waals surface area contributed by atoms with Gasteiger partial charge in [0.2, 0.25) is 0 Å². The highest BCUT2D eigenvalue weighted by Crippen LogP contribution is 2.32. The number of nitrogens with one attached hydrogen (secondary N) is 2. The number of benzene rings is 1. The highest BCUT2D eigenvalue weighted by molar-refractivity contribution is 7.09. The lowest BCUT2D eigenvalue weighted by molar-refractivity contribution is -0.138. The van der Waals surface area contributed by atoms with Crippen LogP contribution in [0, 0.1) is 12.7 Å². The first-order chi connectivity index (χ1) is 12.3. The third kappa shape index (κ3) is 5.98. The van der Waals surface area contributed by atoms with E-state index in [1.54, 1.807) is 11.3 Å². The zero-order valence-electron chi connectivity index (χ0n) is 14.5. The summed E-state index contributed by atoms with van der Waals surface area (Å²) in [4.78, 5) is 8.36. The largest absolute Gasteiger partial charge is 0.416 e. The van der Waals surface area contributed by atoms with Crippen molar-refractivity contribution in [3.05, 3.63) is 51.2 Å². The minimum Gasteiger partial charge on any atom is -0.356 e. The summed E-state index contributed by atoms with van der Waals surface area (Å²) in [6.45, 7) is 2.43. The van der Waals surface area contributed by atoms with Crippen LogP contribution in [0.25, 0.3) is 0 Å². The molecule has 0 aliphatic heterocycles. The molecule has 0 fully saturated rings. The average molecular weight is 388 g/mol. The molecule has 0 aliphatic carbocycles. The number of aromatic nitrogens is 1. The Bertz CT molecular complexity index is 755. The van der Waals surface area contributed by atoms with Gasteiger partial charge >= 0.3 is 6.18 Å². The Morgan fingerprint density at radius 1 is 1.27 bits per heavy atom. The fraction of sp³-hybridized carbons (Fsp3) is 0.412. The van der Waals surface area contributed by atoms with E-state index in [9.17, 15) is 17.6 Å². The third-order valence-electron chi connectivity index (χ3n) is 3.57. The SMILES string of the molecule is CN=C(NCCCc1nc(C)cs1)NCc1ccc(F)cc1C(F)(F)F. The summed E-state index contributed by atoms with van der Waals surface area (Å²) in [5.74, 6) is -0.529. The number of rotatable bonds is 6. The number of aryl methyl sites for hydroxylation is 2. The van der Waals surface area contributed by atoms with E-state index in [0.29, 0.717) is 18.6 Å². The van der Waals surface area contributed by atoms with Crippen LogP contribution in [0.15, 0.2) is 28.6 Å². The fourth-order valence-corrected chi connectivity index (χ4v) is 3.15. The van der Waals surface area contributed by atoms with Gasteiger partial charge in [0.25, 0.3) is 0 Å². The van der Waals surface area contributed by atoms with E-state index >= 15 is 0 Å². The molecular weight excluding hydrogens is 368 g/mol. The number of alkyl halides is 3. The summed E-state index contributed by atoms with van der Waals surface area (Å²) in [7, 11) is 1.54. The van der Waals surface area contributed by atoms with E-state index in [4.69, 9.17) is 0 Å². The van der Waals surface area contributed by atoms with Crippen molar-refractivity contribution in [1.82, 2.24) is 15.6 Å². The van der Waals surface area contributed by atoms with Crippen molar-refractivity contribution in [3.63, 3.8) is 0 Å². The van der Waals surface area contributed by atoms with Crippen LogP contribution in [-0.2, 0) is 19.1 Å². The Hall–Kier alpha value is -2.16. The van der Waals surface area contributed by atoms with Gasteiger partial charge in [-0.2, -0.15) is 13.2 Å². The van der Waals surface area contributed by atoms with Crippen LogP contribution in [0.1, 0.15) is 28.2 Å². The van der Waals surface area contributed by atoms with Gasteiger partial charge in [0.1, 0.15) is 5.82 Å². The lowest BCUT2D eigenvalue weighted by Gasteiger charge is -2.15. The maximum atomic E-state index is 13.1. The summed E-state index contributed by atoms with van der Waals surface area (Å²) < 4.78 is 52.1. The second kappa shape index (κ2) is 8.98. The first-order valence-electron chi connectivity index (χ1n) is 8.00. The summed E-state index contributed by atoms with van der Waals surface area (Å²) in [5, 5.41) is 8.91. The van der Waals surface area contributed by atoms with Crippen LogP contribution in [0.4, 0.5) is 17.6 Å². The van der Waals surface area contributed by atoms with Crippen molar-refractivity contribution >= 4 is 17.3 Å². The summed E-state index contributed by atoms with van der Waals surface area (Å²) in [5.41, 5.74) is -0.0325. The van der Waals surface area contributed by atoms with E-state index in [0.717, 1.165) is 35.7 Å². The second-order valence-electron chi connectivity index (χ2n) is 5.64. The normalized spacial score (nSPS) is 12.3. The van der Waals surface area contributed by atoms with Crippen molar-refractivity contribution in [1.29, 1.82) is 0 Å². The van der Waals surface area contributed by atoms with E-state index in [-0.39, 0.29) is 12.1 Å². The molecule has 0 radical (unpaired) electrons. The maximum absolute atomic E-state index is 13.1. The highest BCUT2D eigenvalue weighted by atomic mass is 32.1. The number of guanidine groups is 1. The summed E-state index contributed by atoms with van der Waals surface area (Å²) >= 11 is 1.60. The molecule has 26 heavy (non-hydrogen) atoms. The molecule has 0 spiro atoms. The molecule has 1 aromatic carbocycles. The van der Waals surface area contributed by atoms with Gasteiger partial charge in [-0.3, -0.25) is 4.99 Å². The number of hydrogen-bond donors (Lipinski definition) is 2. The Labute approximate surface area is 153 Å². The van der Waals surface area contributed by atoms with Crippen LogP contribution in [-0.4, -0.2) is 24.5 Å². The van der Waals surface area contributed by atoms with Gasteiger partial charge in [0.05, 0.1) is 10.6 Å². The molecular formula is C17H20F4N4S. The monoisotopic (exact) mass is 388 g/mol. The zero-order chi connectivity index (χ0) is 19.2. The van der Waals surface area contributed by atoms with Gasteiger partial charge in [-0.1, -0.05) is 6.07 Å². The number of hydrogen-bond acceptors (Lipinski definition) is 3. The van der Waals surface area contributed by atoms with E-state index in [1.165, 1.54) is 7.05 Å². The molecule has 9 heteroatoms. The van der Waals surface area contributed by atoms with Crippen molar-refractivity contribution in [2.24, 2.45) is 4.99 Å². The molecule has 2 aromatic rings. The Morgan fingerprint density at radius 2 is 2.04 bits per heavy atom. The quantitative estimate of drug-likeness (QED) is 0.341. The van der Waals surface area contributed by atoms with E-state index in [1.807, 2.05) is 12.3 Å². The van der Waals surface area contributed by atoms with E-state index in [2.05, 4.69) is 20.6 Å². The number of thiazole rings is 1. The Morgan fingerprint density at radius 3 is 2.65 bits per heavy atom. The van der Waals surface area contributed by atoms with Crippen LogP contribution in [0.2, 0.25) is 0 Å². The topological polar surface area (TPSA) is 49.3 Å². The smallest absolute Gasteiger partial charge is 0.356 e. The molecule has 2 rings (SSSR count). The summed E-state index contributed by atoms with van der Waals surface area (Å²) in [6.07, 6.45) is -2.97. The summed E-state index contributed by atoms with van der Waals surface area (Å²) in [6, 6.07) is 2.64. The Kier molecular flexibility index (Phi) is 6.96. The first kappa shape index (κ1) is 20.2. The van der Waals surface area contributed by atoms with Gasteiger partial charge in [0.15, 0.2) is 5.96 Å². The molecule has 1 heterocycles. The number of nitrogens with zero attached hydrogens (tertiary/aromatic N) is 2. The van der Waals surface area contributed by atoms with Crippen LogP contribution >= 0.6 is 11.3 Å². The fourth-order valence-electron chi connectivity index (χ4n) is 2.33. The molecule has 0 saturated carbocycles. The van der Waals surface area contributed by atoms with Gasteiger partial charge < -0.3 is 10.6 Å². The molecule has 4 nitrogen and oxygen atoms in total. The standard InChI is InChI=1S/C17H20F4N4S/c1-11-10-26-15(25-11)4-3-7-23-16(22-2)24-9-12-5-6-13(18)8-14(12)17(19,20)21/h5-6,8,10H,3-4,7,9H2,1-2H3,(H2,22,23,24). The second-order valence-corrected chi connectivity index (χ2v) is 6.58. The van der Waals surface area contributed by atoms with Crippen LogP contribution < -0.4 is 10.6 Å².